The van der Waals surface area contributed by atoms with Crippen LogP contribution in [0.1, 0.15) is 26.4 Å². The van der Waals surface area contributed by atoms with Gasteiger partial charge in [0.2, 0.25) is 0 Å². The van der Waals surface area contributed by atoms with Crippen LogP contribution in [0.5, 0.6) is 5.75 Å². The maximum atomic E-state index is 11.4. The molecule has 0 aliphatic heterocycles. The molecule has 0 amide bonds. The van der Waals surface area contributed by atoms with E-state index in [2.05, 4.69) is 14.5 Å². The lowest BCUT2D eigenvalue weighted by molar-refractivity contribution is 0.0551. The van der Waals surface area contributed by atoms with Gasteiger partial charge in [-0.1, -0.05) is 0 Å². The van der Waals surface area contributed by atoms with Crippen LogP contribution in [-0.2, 0) is 9.47 Å². The Morgan fingerprint density at radius 3 is 2.24 bits per heavy atom. The third kappa shape index (κ3) is 2.85. The first-order valence-electron chi connectivity index (χ1n) is 4.38. The molecule has 1 N–H and O–H groups in total. The molecule has 0 unspecified atom stereocenters. The number of methoxy groups -OCH3 is 2. The second-order valence-electron chi connectivity index (χ2n) is 2.96. The summed E-state index contributed by atoms with van der Waals surface area (Å²) in [6, 6.07) is 0. The van der Waals surface area contributed by atoms with Gasteiger partial charge in [0.25, 0.3) is 0 Å². The van der Waals surface area contributed by atoms with Crippen LogP contribution in [0.2, 0.25) is 0 Å². The summed E-state index contributed by atoms with van der Waals surface area (Å²) in [6.07, 6.45) is 1.16. The van der Waals surface area contributed by atoms with E-state index in [1.165, 1.54) is 14.0 Å². The third-order valence-corrected chi connectivity index (χ3v) is 2.03. The van der Waals surface area contributed by atoms with Crippen molar-refractivity contribution in [2.45, 2.75) is 6.92 Å². The SMILES string of the molecule is COC(=O)c1cnc(C)c(O)c1C(=O)OC.Cl. The zero-order valence-corrected chi connectivity index (χ0v) is 10.3. The fourth-order valence-corrected chi connectivity index (χ4v) is 1.17. The van der Waals surface area contributed by atoms with Crippen molar-refractivity contribution in [1.29, 1.82) is 0 Å². The van der Waals surface area contributed by atoms with Crippen molar-refractivity contribution in [2.75, 3.05) is 14.2 Å². The van der Waals surface area contributed by atoms with E-state index in [0.29, 0.717) is 0 Å². The normalized spacial score (nSPS) is 9.12. The lowest BCUT2D eigenvalue weighted by Crippen LogP contribution is -2.13. The van der Waals surface area contributed by atoms with Gasteiger partial charge in [0.15, 0.2) is 5.75 Å². The Morgan fingerprint density at radius 2 is 1.76 bits per heavy atom. The second kappa shape index (κ2) is 6.05. The van der Waals surface area contributed by atoms with Gasteiger partial charge >= 0.3 is 11.9 Å². The van der Waals surface area contributed by atoms with E-state index < -0.39 is 11.9 Å². The van der Waals surface area contributed by atoms with Crippen LogP contribution < -0.4 is 0 Å². The number of aromatic nitrogens is 1. The number of aromatic hydroxyl groups is 1. The lowest BCUT2D eigenvalue weighted by Gasteiger charge is -2.09. The number of rotatable bonds is 2. The highest BCUT2D eigenvalue weighted by Crippen LogP contribution is 2.24. The van der Waals surface area contributed by atoms with Crippen LogP contribution in [0, 0.1) is 6.92 Å². The minimum Gasteiger partial charge on any atom is -0.505 e. The van der Waals surface area contributed by atoms with Gasteiger partial charge in [-0.05, 0) is 6.92 Å². The molecule has 6 nitrogen and oxygen atoms in total. The molecule has 17 heavy (non-hydrogen) atoms. The Bertz CT molecular complexity index is 447. The van der Waals surface area contributed by atoms with E-state index in [0.717, 1.165) is 13.3 Å². The average molecular weight is 262 g/mol. The van der Waals surface area contributed by atoms with Crippen molar-refractivity contribution in [1.82, 2.24) is 4.98 Å². The standard InChI is InChI=1S/C10H11NO5.ClH/c1-5-8(12)7(10(14)16-3)6(4-11-5)9(13)15-2;/h4,12H,1-3H3;1H. The fourth-order valence-electron chi connectivity index (χ4n) is 1.17. The van der Waals surface area contributed by atoms with Crippen LogP contribution >= 0.6 is 12.4 Å². The molecule has 0 bridgehead atoms. The van der Waals surface area contributed by atoms with Gasteiger partial charge in [0.05, 0.1) is 25.5 Å². The molecular formula is C10H12ClNO5. The number of hydrogen-bond donors (Lipinski definition) is 1. The van der Waals surface area contributed by atoms with Gasteiger partial charge in [0.1, 0.15) is 5.56 Å². The fraction of sp³-hybridized carbons (Fsp3) is 0.300. The molecule has 94 valence electrons. The van der Waals surface area contributed by atoms with Crippen LogP contribution in [0.4, 0.5) is 0 Å². The Balaban J connectivity index is 0.00000256. The van der Waals surface area contributed by atoms with Crippen LogP contribution in [0.3, 0.4) is 0 Å². The summed E-state index contributed by atoms with van der Waals surface area (Å²) in [4.78, 5) is 26.5. The maximum Gasteiger partial charge on any atom is 0.342 e. The Hall–Kier alpha value is -1.82. The van der Waals surface area contributed by atoms with Crippen molar-refractivity contribution in [2.24, 2.45) is 0 Å². The predicted molar refractivity (Wildman–Crippen MR) is 60.6 cm³/mol. The number of carbonyl (C=O) groups is 2. The van der Waals surface area contributed by atoms with Crippen LogP contribution in [-0.4, -0.2) is 36.2 Å². The summed E-state index contributed by atoms with van der Waals surface area (Å²) < 4.78 is 8.94. The summed E-state index contributed by atoms with van der Waals surface area (Å²) in [5.74, 6) is -1.96. The van der Waals surface area contributed by atoms with Crippen molar-refractivity contribution in [3.8, 4) is 5.75 Å². The van der Waals surface area contributed by atoms with Gasteiger partial charge in [-0.25, -0.2) is 9.59 Å². The molecule has 0 aromatic carbocycles. The molecule has 0 atom stereocenters. The van der Waals surface area contributed by atoms with Crippen molar-refractivity contribution < 1.29 is 24.2 Å². The Kier molecular flexibility index (Phi) is 5.40. The lowest BCUT2D eigenvalue weighted by atomic mass is 10.1. The highest BCUT2D eigenvalue weighted by atomic mass is 35.5. The number of esters is 2. The molecule has 0 aliphatic rings. The smallest absolute Gasteiger partial charge is 0.342 e. The molecule has 0 saturated carbocycles. The van der Waals surface area contributed by atoms with Crippen molar-refractivity contribution >= 4 is 24.3 Å². The van der Waals surface area contributed by atoms with Crippen LogP contribution in [0.25, 0.3) is 0 Å². The van der Waals surface area contributed by atoms with Gasteiger partial charge in [0, 0.05) is 6.20 Å². The number of pyridine rings is 1. The number of ether oxygens (including phenoxy) is 2. The summed E-state index contributed by atoms with van der Waals surface area (Å²) in [5, 5.41) is 9.65. The van der Waals surface area contributed by atoms with Crippen molar-refractivity contribution in [3.05, 3.63) is 23.0 Å². The summed E-state index contributed by atoms with van der Waals surface area (Å²) in [7, 11) is 2.32. The van der Waals surface area contributed by atoms with E-state index in [1.807, 2.05) is 0 Å². The quantitative estimate of drug-likeness (QED) is 0.802. The molecule has 0 saturated heterocycles. The molecule has 0 spiro atoms. The van der Waals surface area contributed by atoms with Crippen molar-refractivity contribution in [3.63, 3.8) is 0 Å². The highest BCUT2D eigenvalue weighted by molar-refractivity contribution is 6.04. The number of carbonyl (C=O) groups excluding carboxylic acids is 2. The first kappa shape index (κ1) is 15.2. The third-order valence-electron chi connectivity index (χ3n) is 2.03. The van der Waals surface area contributed by atoms with E-state index in [9.17, 15) is 14.7 Å². The highest BCUT2D eigenvalue weighted by Gasteiger charge is 2.24. The van der Waals surface area contributed by atoms with Gasteiger partial charge < -0.3 is 14.6 Å². The second-order valence-corrected chi connectivity index (χ2v) is 2.96. The number of aryl methyl sites for hydroxylation is 1. The maximum absolute atomic E-state index is 11.4. The summed E-state index contributed by atoms with van der Waals surface area (Å²) in [6.45, 7) is 1.50. The van der Waals surface area contributed by atoms with Gasteiger partial charge in [-0.3, -0.25) is 4.98 Å². The van der Waals surface area contributed by atoms with Gasteiger partial charge in [-0.15, -0.1) is 12.4 Å². The first-order chi connectivity index (χ1) is 7.52. The molecule has 1 aromatic heterocycles. The average Bonchev–Trinajstić information content (AvgIpc) is 2.30. The number of nitrogens with zero attached hydrogens (tertiary/aromatic N) is 1. The molecule has 1 heterocycles. The first-order valence-corrected chi connectivity index (χ1v) is 4.38. The molecule has 0 radical (unpaired) electrons. The minimum absolute atomic E-state index is 0. The van der Waals surface area contributed by atoms with Crippen LogP contribution in [0.15, 0.2) is 6.20 Å². The molecular weight excluding hydrogens is 250 g/mol. The van der Waals surface area contributed by atoms with E-state index in [4.69, 9.17) is 0 Å². The summed E-state index contributed by atoms with van der Waals surface area (Å²) >= 11 is 0. The molecule has 7 heteroatoms. The molecule has 0 aliphatic carbocycles. The molecule has 1 rings (SSSR count). The molecule has 1 aromatic rings. The zero-order valence-electron chi connectivity index (χ0n) is 9.51. The minimum atomic E-state index is -0.816. The van der Waals surface area contributed by atoms with E-state index in [1.54, 1.807) is 0 Å². The largest absolute Gasteiger partial charge is 0.505 e. The number of hydrogen-bond acceptors (Lipinski definition) is 6. The molecule has 0 fully saturated rings. The monoisotopic (exact) mass is 261 g/mol. The Morgan fingerprint density at radius 1 is 1.24 bits per heavy atom. The van der Waals surface area contributed by atoms with Gasteiger partial charge in [-0.2, -0.15) is 0 Å². The van der Waals surface area contributed by atoms with E-state index >= 15 is 0 Å². The summed E-state index contributed by atoms with van der Waals surface area (Å²) in [5.41, 5.74) is -0.132. The zero-order chi connectivity index (χ0) is 12.3. The number of halogens is 1. The van der Waals surface area contributed by atoms with E-state index in [-0.39, 0.29) is 35.0 Å². The predicted octanol–water partition coefficient (Wildman–Crippen LogP) is 1.09. The topological polar surface area (TPSA) is 85.7 Å². The Labute approximate surface area is 104 Å².